The van der Waals surface area contributed by atoms with E-state index in [2.05, 4.69) is 10.6 Å². The van der Waals surface area contributed by atoms with E-state index in [1.54, 1.807) is 24.3 Å². The Morgan fingerprint density at radius 2 is 1.96 bits per heavy atom. The van der Waals surface area contributed by atoms with E-state index < -0.39 is 23.4 Å². The zero-order valence-corrected chi connectivity index (χ0v) is 13.8. The Balaban J connectivity index is 1.71. The molecule has 2 aromatic rings. The van der Waals surface area contributed by atoms with Crippen molar-refractivity contribution in [2.24, 2.45) is 0 Å². The number of carbonyl (C=O) groups excluding carboxylic acids is 3. The molecule has 1 aliphatic heterocycles. The van der Waals surface area contributed by atoms with Gasteiger partial charge in [-0.3, -0.25) is 14.5 Å². The number of nitrogens with one attached hydrogen (secondary N) is 2. The normalized spacial score (nSPS) is 19.8. The molecule has 0 unspecified atom stereocenters. The number of carbonyl (C=O) groups is 3. The summed E-state index contributed by atoms with van der Waals surface area (Å²) in [5, 5.41) is 5.38. The highest BCUT2D eigenvalue weighted by Gasteiger charge is 2.51. The predicted molar refractivity (Wildman–Crippen MR) is 89.2 cm³/mol. The molecule has 1 fully saturated rings. The molecule has 130 valence electrons. The number of nitrogens with zero attached hydrogens (tertiary/aromatic N) is 1. The molecule has 2 heterocycles. The molecule has 7 nitrogen and oxygen atoms in total. The van der Waals surface area contributed by atoms with Crippen molar-refractivity contribution in [3.8, 4) is 0 Å². The van der Waals surface area contributed by atoms with Crippen molar-refractivity contribution in [1.29, 1.82) is 0 Å². The average Bonchev–Trinajstić information content (AvgIpc) is 3.23. The quantitative estimate of drug-likeness (QED) is 0.783. The van der Waals surface area contributed by atoms with Gasteiger partial charge in [-0.2, -0.15) is 0 Å². The Hall–Kier alpha value is -3.09. The number of benzene rings is 1. The number of furan rings is 1. The lowest BCUT2D eigenvalue weighted by Gasteiger charge is -2.25. The minimum Gasteiger partial charge on any atom is -0.467 e. The lowest BCUT2D eigenvalue weighted by Crippen LogP contribution is -2.44. The van der Waals surface area contributed by atoms with Gasteiger partial charge in [-0.05, 0) is 24.1 Å². The van der Waals surface area contributed by atoms with Crippen LogP contribution in [0.4, 0.5) is 4.79 Å². The van der Waals surface area contributed by atoms with Gasteiger partial charge in [0.15, 0.2) is 0 Å². The van der Waals surface area contributed by atoms with Gasteiger partial charge in [0, 0.05) is 0 Å². The van der Waals surface area contributed by atoms with Gasteiger partial charge in [0.05, 0.1) is 12.8 Å². The minimum absolute atomic E-state index is 0.201. The molecule has 1 aliphatic rings. The summed E-state index contributed by atoms with van der Waals surface area (Å²) in [5.74, 6) is -0.253. The van der Waals surface area contributed by atoms with Gasteiger partial charge in [-0.1, -0.05) is 37.3 Å². The molecule has 0 saturated carbocycles. The highest BCUT2D eigenvalue weighted by atomic mass is 16.3. The summed E-state index contributed by atoms with van der Waals surface area (Å²) >= 11 is 0. The number of imide groups is 1. The molecule has 1 atom stereocenters. The first-order valence-electron chi connectivity index (χ1n) is 8.05. The summed E-state index contributed by atoms with van der Waals surface area (Å²) in [5.41, 5.74) is -0.422. The minimum atomic E-state index is -1.13. The summed E-state index contributed by atoms with van der Waals surface area (Å²) in [6.07, 6.45) is 1.90. The third kappa shape index (κ3) is 3.13. The van der Waals surface area contributed by atoms with E-state index >= 15 is 0 Å². The molecule has 1 aromatic carbocycles. The Kier molecular flexibility index (Phi) is 4.56. The number of amides is 4. The Morgan fingerprint density at radius 3 is 2.60 bits per heavy atom. The summed E-state index contributed by atoms with van der Waals surface area (Å²) in [7, 11) is 0. The number of urea groups is 1. The van der Waals surface area contributed by atoms with Crippen LogP contribution in [0.25, 0.3) is 0 Å². The number of hydrogen-bond acceptors (Lipinski definition) is 4. The second-order valence-electron chi connectivity index (χ2n) is 5.80. The van der Waals surface area contributed by atoms with Crippen LogP contribution >= 0.6 is 0 Å². The molecule has 2 N–H and O–H groups in total. The first-order valence-corrected chi connectivity index (χ1v) is 8.05. The highest BCUT2D eigenvalue weighted by molar-refractivity contribution is 6.09. The van der Waals surface area contributed by atoms with E-state index in [1.807, 2.05) is 25.1 Å². The zero-order chi connectivity index (χ0) is 17.9. The van der Waals surface area contributed by atoms with Crippen LogP contribution in [-0.2, 0) is 21.7 Å². The van der Waals surface area contributed by atoms with Crippen LogP contribution in [0.3, 0.4) is 0 Å². The van der Waals surface area contributed by atoms with Crippen LogP contribution in [0, 0.1) is 0 Å². The zero-order valence-electron chi connectivity index (χ0n) is 13.8. The molecule has 0 spiro atoms. The lowest BCUT2D eigenvalue weighted by atomic mass is 9.87. The topological polar surface area (TPSA) is 91.7 Å². The van der Waals surface area contributed by atoms with Crippen molar-refractivity contribution >= 4 is 17.8 Å². The third-order valence-corrected chi connectivity index (χ3v) is 4.31. The second kappa shape index (κ2) is 6.80. The average molecular weight is 341 g/mol. The fourth-order valence-electron chi connectivity index (χ4n) is 2.93. The first-order chi connectivity index (χ1) is 12.1. The molecule has 3 rings (SSSR count). The SMILES string of the molecule is CC[C@@]1(c2ccccc2)NC(=O)N(CC(=O)NCc2ccco2)C1=O. The molecule has 0 aliphatic carbocycles. The van der Waals surface area contributed by atoms with Gasteiger partial charge in [-0.15, -0.1) is 0 Å². The maximum absolute atomic E-state index is 12.9. The largest absolute Gasteiger partial charge is 0.467 e. The third-order valence-electron chi connectivity index (χ3n) is 4.31. The molecule has 25 heavy (non-hydrogen) atoms. The molecular weight excluding hydrogens is 322 g/mol. The van der Waals surface area contributed by atoms with Crippen LogP contribution in [0.15, 0.2) is 53.1 Å². The van der Waals surface area contributed by atoms with E-state index in [4.69, 9.17) is 4.42 Å². The van der Waals surface area contributed by atoms with Gasteiger partial charge < -0.3 is 15.1 Å². The highest BCUT2D eigenvalue weighted by Crippen LogP contribution is 2.32. The Bertz CT molecular complexity index is 773. The molecular formula is C18H19N3O4. The summed E-state index contributed by atoms with van der Waals surface area (Å²) in [6, 6.07) is 11.9. The lowest BCUT2D eigenvalue weighted by molar-refractivity contribution is -0.135. The van der Waals surface area contributed by atoms with Gasteiger partial charge in [0.2, 0.25) is 5.91 Å². The smallest absolute Gasteiger partial charge is 0.325 e. The monoisotopic (exact) mass is 341 g/mol. The maximum atomic E-state index is 12.9. The van der Waals surface area contributed by atoms with Crippen LogP contribution < -0.4 is 10.6 Å². The van der Waals surface area contributed by atoms with Crippen molar-refractivity contribution in [3.05, 3.63) is 60.1 Å². The van der Waals surface area contributed by atoms with Gasteiger partial charge in [0.25, 0.3) is 5.91 Å². The summed E-state index contributed by atoms with van der Waals surface area (Å²) in [6.45, 7) is 1.69. The van der Waals surface area contributed by atoms with Gasteiger partial charge >= 0.3 is 6.03 Å². The number of hydrogen-bond donors (Lipinski definition) is 2. The van der Waals surface area contributed by atoms with Gasteiger partial charge in [-0.25, -0.2) is 4.79 Å². The van der Waals surface area contributed by atoms with Crippen molar-refractivity contribution in [2.45, 2.75) is 25.4 Å². The van der Waals surface area contributed by atoms with Crippen molar-refractivity contribution in [2.75, 3.05) is 6.54 Å². The molecule has 1 saturated heterocycles. The fraction of sp³-hybridized carbons (Fsp3) is 0.278. The van der Waals surface area contributed by atoms with Crippen molar-refractivity contribution in [3.63, 3.8) is 0 Å². The van der Waals surface area contributed by atoms with E-state index in [9.17, 15) is 14.4 Å². The second-order valence-corrected chi connectivity index (χ2v) is 5.80. The molecule has 4 amide bonds. The molecule has 0 bridgehead atoms. The Labute approximate surface area is 145 Å². The van der Waals surface area contributed by atoms with E-state index in [0.29, 0.717) is 17.7 Å². The van der Waals surface area contributed by atoms with E-state index in [-0.39, 0.29) is 13.1 Å². The predicted octanol–water partition coefficient (Wildman–Crippen LogP) is 1.75. The Morgan fingerprint density at radius 1 is 1.20 bits per heavy atom. The first kappa shape index (κ1) is 16.8. The summed E-state index contributed by atoms with van der Waals surface area (Å²) < 4.78 is 5.13. The van der Waals surface area contributed by atoms with E-state index in [1.165, 1.54) is 6.26 Å². The maximum Gasteiger partial charge on any atom is 0.325 e. The van der Waals surface area contributed by atoms with Crippen LogP contribution in [0.2, 0.25) is 0 Å². The summed E-state index contributed by atoms with van der Waals surface area (Å²) in [4.78, 5) is 38.2. The molecule has 7 heteroatoms. The standard InChI is InChI=1S/C18H19N3O4/c1-2-18(13-7-4-3-5-8-13)16(23)21(17(24)20-18)12-15(22)19-11-14-9-6-10-25-14/h3-10H,2,11-12H2,1H3,(H,19,22)(H,20,24)/t18-/m0/s1. The van der Waals surface area contributed by atoms with Crippen LogP contribution in [0.5, 0.6) is 0 Å². The van der Waals surface area contributed by atoms with E-state index in [0.717, 1.165) is 4.90 Å². The van der Waals surface area contributed by atoms with Gasteiger partial charge in [0.1, 0.15) is 17.8 Å². The van der Waals surface area contributed by atoms with Crippen molar-refractivity contribution in [1.82, 2.24) is 15.5 Å². The molecule has 0 radical (unpaired) electrons. The fourth-order valence-corrected chi connectivity index (χ4v) is 2.93. The van der Waals surface area contributed by atoms with Crippen LogP contribution in [0.1, 0.15) is 24.7 Å². The number of rotatable bonds is 6. The van der Waals surface area contributed by atoms with Crippen LogP contribution in [-0.4, -0.2) is 29.3 Å². The van der Waals surface area contributed by atoms with Crippen molar-refractivity contribution < 1.29 is 18.8 Å². The molecule has 1 aromatic heterocycles.